The molecule has 0 spiro atoms. The zero-order valence-corrected chi connectivity index (χ0v) is 14.3. The molecule has 0 bridgehead atoms. The molecule has 1 amide bonds. The number of hydrogen-bond donors (Lipinski definition) is 1. The molecule has 1 fully saturated rings. The highest BCUT2D eigenvalue weighted by molar-refractivity contribution is 5.97. The molecule has 132 valence electrons. The second-order valence-corrected chi connectivity index (χ2v) is 6.01. The lowest BCUT2D eigenvalue weighted by Crippen LogP contribution is -2.51. The van der Waals surface area contributed by atoms with Gasteiger partial charge in [-0.05, 0) is 32.9 Å². The summed E-state index contributed by atoms with van der Waals surface area (Å²) >= 11 is 0. The number of methoxy groups -OCH3 is 1. The van der Waals surface area contributed by atoms with Gasteiger partial charge in [0, 0.05) is 12.6 Å². The highest BCUT2D eigenvalue weighted by atomic mass is 16.5. The van der Waals surface area contributed by atoms with Crippen molar-refractivity contribution in [3.8, 4) is 11.5 Å². The van der Waals surface area contributed by atoms with Crippen molar-refractivity contribution in [1.29, 1.82) is 0 Å². The number of nitrogens with zero attached hydrogens (tertiary/aromatic N) is 1. The molecule has 1 unspecified atom stereocenters. The highest BCUT2D eigenvalue weighted by Crippen LogP contribution is 2.28. The number of carboxylic acids is 1. The van der Waals surface area contributed by atoms with Gasteiger partial charge >= 0.3 is 5.97 Å². The van der Waals surface area contributed by atoms with E-state index in [0.717, 1.165) is 0 Å². The highest BCUT2D eigenvalue weighted by Gasteiger charge is 2.34. The minimum atomic E-state index is -1.08. The fourth-order valence-corrected chi connectivity index (χ4v) is 2.58. The maximum Gasteiger partial charge on any atom is 0.334 e. The van der Waals surface area contributed by atoms with E-state index >= 15 is 0 Å². The summed E-state index contributed by atoms with van der Waals surface area (Å²) in [6, 6.07) is 4.97. The zero-order chi connectivity index (χ0) is 17.9. The predicted octanol–water partition coefficient (Wildman–Crippen LogP) is 1.80. The van der Waals surface area contributed by atoms with Crippen LogP contribution in [0.5, 0.6) is 11.5 Å². The molecule has 0 radical (unpaired) electrons. The van der Waals surface area contributed by atoms with Gasteiger partial charge in [-0.25, -0.2) is 4.79 Å². The van der Waals surface area contributed by atoms with Gasteiger partial charge in [-0.1, -0.05) is 0 Å². The standard InChI is InChI=1S/C17H23NO6/c1-10(2)23-14-7-12(22-4)5-6-13(14)16(19)18-8-11(3)24-15(9-18)17(20)21/h5-7,10-11,15H,8-9H2,1-4H3,(H,20,21)/t11-,15?/m1/s1. The normalized spacial score (nSPS) is 20.8. The molecule has 1 heterocycles. The third-order valence-corrected chi connectivity index (χ3v) is 3.60. The van der Waals surface area contributed by atoms with Crippen LogP contribution in [0.15, 0.2) is 18.2 Å². The van der Waals surface area contributed by atoms with Crippen LogP contribution >= 0.6 is 0 Å². The Hall–Kier alpha value is -2.28. The Morgan fingerprint density at radius 1 is 1.33 bits per heavy atom. The molecule has 1 aliphatic heterocycles. The maximum absolute atomic E-state index is 12.9. The Balaban J connectivity index is 2.29. The molecular formula is C17H23NO6. The molecule has 1 aromatic rings. The predicted molar refractivity (Wildman–Crippen MR) is 86.6 cm³/mol. The van der Waals surface area contributed by atoms with Gasteiger partial charge in [-0.15, -0.1) is 0 Å². The number of ether oxygens (including phenoxy) is 3. The Morgan fingerprint density at radius 3 is 2.62 bits per heavy atom. The van der Waals surface area contributed by atoms with Crippen LogP contribution in [0, 0.1) is 0 Å². The van der Waals surface area contributed by atoms with E-state index in [1.54, 1.807) is 25.1 Å². The zero-order valence-electron chi connectivity index (χ0n) is 14.3. The Labute approximate surface area is 141 Å². The average Bonchev–Trinajstić information content (AvgIpc) is 2.52. The maximum atomic E-state index is 12.9. The molecule has 1 aromatic carbocycles. The third-order valence-electron chi connectivity index (χ3n) is 3.60. The second-order valence-electron chi connectivity index (χ2n) is 6.01. The largest absolute Gasteiger partial charge is 0.497 e. The van der Waals surface area contributed by atoms with Crippen LogP contribution in [0.2, 0.25) is 0 Å². The Morgan fingerprint density at radius 2 is 2.04 bits per heavy atom. The van der Waals surface area contributed by atoms with Crippen molar-refractivity contribution in [2.24, 2.45) is 0 Å². The lowest BCUT2D eigenvalue weighted by Gasteiger charge is -2.35. The van der Waals surface area contributed by atoms with Crippen molar-refractivity contribution < 1.29 is 28.9 Å². The molecule has 24 heavy (non-hydrogen) atoms. The van der Waals surface area contributed by atoms with Crippen LogP contribution < -0.4 is 9.47 Å². The Bertz CT molecular complexity index is 615. The number of benzene rings is 1. The first kappa shape index (κ1) is 18.1. The van der Waals surface area contributed by atoms with Gasteiger partial charge in [0.2, 0.25) is 0 Å². The van der Waals surface area contributed by atoms with Gasteiger partial charge in [0.1, 0.15) is 11.5 Å². The number of aliphatic carboxylic acids is 1. The summed E-state index contributed by atoms with van der Waals surface area (Å²) < 4.78 is 16.3. The van der Waals surface area contributed by atoms with E-state index in [1.807, 2.05) is 13.8 Å². The fraction of sp³-hybridized carbons (Fsp3) is 0.529. The van der Waals surface area contributed by atoms with Crippen LogP contribution in [0.25, 0.3) is 0 Å². The first-order chi connectivity index (χ1) is 11.3. The van der Waals surface area contributed by atoms with E-state index in [-0.39, 0.29) is 24.7 Å². The smallest absolute Gasteiger partial charge is 0.334 e. The van der Waals surface area contributed by atoms with Crippen molar-refractivity contribution in [3.63, 3.8) is 0 Å². The second kappa shape index (κ2) is 7.53. The summed E-state index contributed by atoms with van der Waals surface area (Å²) in [5, 5.41) is 9.16. The summed E-state index contributed by atoms with van der Waals surface area (Å²) in [6.07, 6.45) is -1.49. The minimum Gasteiger partial charge on any atom is -0.497 e. The number of rotatable bonds is 5. The van der Waals surface area contributed by atoms with E-state index in [4.69, 9.17) is 19.3 Å². The molecule has 2 atom stereocenters. The number of hydrogen-bond acceptors (Lipinski definition) is 5. The topological polar surface area (TPSA) is 85.3 Å². The van der Waals surface area contributed by atoms with Gasteiger partial charge in [0.25, 0.3) is 5.91 Å². The van der Waals surface area contributed by atoms with Crippen LogP contribution in [-0.2, 0) is 9.53 Å². The van der Waals surface area contributed by atoms with Gasteiger partial charge in [0.05, 0.1) is 31.4 Å². The van der Waals surface area contributed by atoms with Crippen LogP contribution in [0.1, 0.15) is 31.1 Å². The average molecular weight is 337 g/mol. The molecule has 0 aliphatic carbocycles. The summed E-state index contributed by atoms with van der Waals surface area (Å²) in [5.74, 6) is -0.358. The molecular weight excluding hydrogens is 314 g/mol. The van der Waals surface area contributed by atoms with Crippen molar-refractivity contribution >= 4 is 11.9 Å². The molecule has 0 saturated carbocycles. The number of carboxylic acid groups (broad SMARTS) is 1. The molecule has 2 rings (SSSR count). The summed E-state index contributed by atoms with van der Waals surface area (Å²) in [7, 11) is 1.54. The quantitative estimate of drug-likeness (QED) is 0.882. The minimum absolute atomic E-state index is 0.00561. The van der Waals surface area contributed by atoms with Crippen LogP contribution in [0.3, 0.4) is 0 Å². The molecule has 0 aromatic heterocycles. The number of morpholine rings is 1. The lowest BCUT2D eigenvalue weighted by molar-refractivity contribution is -0.160. The van der Waals surface area contributed by atoms with Gasteiger partial charge < -0.3 is 24.2 Å². The third kappa shape index (κ3) is 4.17. The summed E-state index contributed by atoms with van der Waals surface area (Å²) in [5.41, 5.74) is 0.378. The summed E-state index contributed by atoms with van der Waals surface area (Å²) in [4.78, 5) is 25.6. The molecule has 1 N–H and O–H groups in total. The van der Waals surface area contributed by atoms with Crippen LogP contribution in [-0.4, -0.2) is 60.4 Å². The Kier molecular flexibility index (Phi) is 5.66. The first-order valence-electron chi connectivity index (χ1n) is 7.84. The van der Waals surface area contributed by atoms with E-state index in [2.05, 4.69) is 0 Å². The van der Waals surface area contributed by atoms with E-state index in [9.17, 15) is 9.59 Å². The molecule has 7 nitrogen and oxygen atoms in total. The molecule has 7 heteroatoms. The van der Waals surface area contributed by atoms with Crippen LogP contribution in [0.4, 0.5) is 0 Å². The van der Waals surface area contributed by atoms with Gasteiger partial charge in [-0.2, -0.15) is 0 Å². The number of carbonyl (C=O) groups is 2. The van der Waals surface area contributed by atoms with Crippen molar-refractivity contribution in [2.45, 2.75) is 39.1 Å². The van der Waals surface area contributed by atoms with Crippen molar-refractivity contribution in [2.75, 3.05) is 20.2 Å². The molecule has 1 saturated heterocycles. The van der Waals surface area contributed by atoms with Gasteiger partial charge in [-0.3, -0.25) is 4.79 Å². The summed E-state index contributed by atoms with van der Waals surface area (Å²) in [6.45, 7) is 5.81. The van der Waals surface area contributed by atoms with Crippen molar-refractivity contribution in [3.05, 3.63) is 23.8 Å². The number of amides is 1. The lowest BCUT2D eigenvalue weighted by atomic mass is 10.1. The molecule has 1 aliphatic rings. The number of carbonyl (C=O) groups excluding carboxylic acids is 1. The fourth-order valence-electron chi connectivity index (χ4n) is 2.58. The SMILES string of the molecule is COc1ccc(C(=O)N2CC(C(=O)O)O[C@H](C)C2)c(OC(C)C)c1. The van der Waals surface area contributed by atoms with E-state index in [0.29, 0.717) is 23.6 Å². The van der Waals surface area contributed by atoms with E-state index < -0.39 is 12.1 Å². The first-order valence-corrected chi connectivity index (χ1v) is 7.84. The van der Waals surface area contributed by atoms with Gasteiger partial charge in [0.15, 0.2) is 6.10 Å². The van der Waals surface area contributed by atoms with Crippen molar-refractivity contribution in [1.82, 2.24) is 4.90 Å². The monoisotopic (exact) mass is 337 g/mol. The van der Waals surface area contributed by atoms with E-state index in [1.165, 1.54) is 12.0 Å².